The molecule has 0 N–H and O–H groups in total. The number of rotatable bonds is 10. The van der Waals surface area contributed by atoms with Gasteiger partial charge in [0.1, 0.15) is 33.5 Å². The Morgan fingerprint density at radius 1 is 0.170 bits per heavy atom. The highest BCUT2D eigenvalue weighted by Crippen LogP contribution is 2.44. The summed E-state index contributed by atoms with van der Waals surface area (Å²) in [6.07, 6.45) is 0. The van der Waals surface area contributed by atoms with Gasteiger partial charge in [-0.3, -0.25) is 0 Å². The van der Waals surface area contributed by atoms with Crippen LogP contribution in [0.25, 0.3) is 237 Å². The van der Waals surface area contributed by atoms with Gasteiger partial charge in [0.05, 0.1) is 44.3 Å². The highest BCUT2D eigenvalue weighted by Gasteiger charge is 2.22. The van der Waals surface area contributed by atoms with E-state index in [0.29, 0.717) is 5.82 Å². The minimum Gasteiger partial charge on any atom is -0.456 e. The van der Waals surface area contributed by atoms with E-state index in [9.17, 15) is 0 Å². The van der Waals surface area contributed by atoms with E-state index in [1.165, 1.54) is 32.3 Å². The smallest absolute Gasteiger partial charge is 0.160 e. The second kappa shape index (κ2) is 24.2. The van der Waals surface area contributed by atoms with Crippen molar-refractivity contribution in [2.75, 3.05) is 0 Å². The van der Waals surface area contributed by atoms with Crippen LogP contribution in [0.3, 0.4) is 0 Å². The molecule has 0 saturated carbocycles. The molecule has 0 unspecified atom stereocenters. The molecular weight excluding hydrogens is 1370 g/mol. The zero-order valence-electron chi connectivity index (χ0n) is 60.2. The van der Waals surface area contributed by atoms with Crippen LogP contribution < -0.4 is 0 Å². The third-order valence-corrected chi connectivity index (χ3v) is 23.3. The zero-order valence-corrected chi connectivity index (χ0v) is 60.2. The van der Waals surface area contributed by atoms with Gasteiger partial charge in [-0.1, -0.05) is 212 Å². The van der Waals surface area contributed by atoms with Crippen LogP contribution in [0, 0.1) is 0 Å². The van der Waals surface area contributed by atoms with Gasteiger partial charge in [-0.2, -0.15) is 0 Å². The van der Waals surface area contributed by atoms with Crippen molar-refractivity contribution in [2.45, 2.75) is 0 Å². The molecule has 0 aliphatic carbocycles. The Morgan fingerprint density at radius 3 is 0.938 bits per heavy atom. The molecule has 0 amide bonds. The van der Waals surface area contributed by atoms with Crippen LogP contribution in [0.1, 0.15) is 0 Å². The summed E-state index contributed by atoms with van der Waals surface area (Å²) in [5.41, 5.74) is 30.0. The number of aromatic nitrogens is 5. The zero-order chi connectivity index (χ0) is 73.2. The van der Waals surface area contributed by atoms with Gasteiger partial charge < -0.3 is 27.0 Å². The summed E-state index contributed by atoms with van der Waals surface area (Å²) in [6, 6.07) is 133. The summed E-state index contributed by atoms with van der Waals surface area (Å²) in [5, 5.41) is 14.8. The van der Waals surface area contributed by atoms with Gasteiger partial charge in [0, 0.05) is 98.2 Å². The molecule has 0 aliphatic heterocycles. The molecule has 8 nitrogen and oxygen atoms in total. The fourth-order valence-electron chi connectivity index (χ4n) is 17.9. The van der Waals surface area contributed by atoms with Crippen molar-refractivity contribution < 1.29 is 13.3 Å². The molecule has 520 valence electrons. The average molecular weight is 1430 g/mol. The van der Waals surface area contributed by atoms with Crippen LogP contribution in [0.5, 0.6) is 0 Å². The van der Waals surface area contributed by atoms with Crippen LogP contribution in [-0.4, -0.2) is 23.7 Å². The lowest BCUT2D eigenvalue weighted by atomic mass is 9.99. The van der Waals surface area contributed by atoms with Crippen LogP contribution in [-0.2, 0) is 0 Å². The Kier molecular flexibility index (Phi) is 13.4. The van der Waals surface area contributed by atoms with Crippen molar-refractivity contribution in [2.24, 2.45) is 0 Å². The SMILES string of the molecule is c1cc(-c2ccc3nc(-c4ccc(-c5ccc(-n6c7ccccc7c7cc(-c8ccc9c(c8)oc8ccccc89)ccc76)cc5)cc4)nc(-c4cccc(-n5c6ccccc6c6cc(-c7ccc8c(c7)oc7ccccc78)ccc65)c4)c3c2)cc(-n2c3ccccc3c3cc(-c4ccc5c(c4)oc4ccccc45)ccc32)c1. The fraction of sp³-hybridized carbons (Fsp3) is 0. The van der Waals surface area contributed by atoms with E-state index in [1.807, 2.05) is 36.4 Å². The number of nitrogens with zero attached hydrogens (tertiary/aromatic N) is 5. The summed E-state index contributed by atoms with van der Waals surface area (Å²) < 4.78 is 26.3. The number of para-hydroxylation sites is 6. The van der Waals surface area contributed by atoms with Gasteiger partial charge in [-0.15, -0.1) is 0 Å². The summed E-state index contributed by atoms with van der Waals surface area (Å²) in [5.74, 6) is 0.643. The van der Waals surface area contributed by atoms with E-state index >= 15 is 0 Å². The van der Waals surface area contributed by atoms with E-state index in [4.69, 9.17) is 23.2 Å². The van der Waals surface area contributed by atoms with Crippen molar-refractivity contribution in [1.29, 1.82) is 0 Å². The lowest BCUT2D eigenvalue weighted by molar-refractivity contribution is 0.668. The van der Waals surface area contributed by atoms with Crippen molar-refractivity contribution in [3.63, 3.8) is 0 Å². The first-order chi connectivity index (χ1) is 55.4. The molecule has 0 radical (unpaired) electrons. The largest absolute Gasteiger partial charge is 0.456 e. The van der Waals surface area contributed by atoms with Gasteiger partial charge in [0.2, 0.25) is 0 Å². The van der Waals surface area contributed by atoms with Crippen LogP contribution in [0.15, 0.2) is 383 Å². The highest BCUT2D eigenvalue weighted by atomic mass is 16.3. The predicted octanol–water partition coefficient (Wildman–Crippen LogP) is 28.3. The van der Waals surface area contributed by atoms with Crippen LogP contribution in [0.2, 0.25) is 0 Å². The maximum absolute atomic E-state index is 6.40. The Bertz CT molecular complexity index is 8080. The first-order valence-corrected chi connectivity index (χ1v) is 38.0. The number of hydrogen-bond donors (Lipinski definition) is 0. The van der Waals surface area contributed by atoms with Crippen molar-refractivity contribution >= 4 is 142 Å². The molecule has 0 aliphatic rings. The molecule has 0 atom stereocenters. The van der Waals surface area contributed by atoms with Gasteiger partial charge >= 0.3 is 0 Å². The standard InChI is InChI=1S/C104H61N5O3/c1-7-25-91-77(19-1)86-55-67(70-37-46-83-80-22-4-10-28-97(80)110-100(83)59-70)41-50-94(86)107(91)74-44-35-63(36-45-74)62-31-33-64(34-32-62)104-105-90-49-40-66(65-15-13-17-75(53-65)108-92-26-8-2-20-78(92)87-56-68(42-51-95(87)108)71-38-47-84-81-23-5-11-29-98(81)111-101(84)60-71)58-89(90)103(106-104)73-16-14-18-76(54-73)109-93-27-9-3-21-79(93)88-57-69(43-52-96(88)109)72-39-48-85-82-24-6-12-30-99(82)112-102(85)61-72/h1-61H. The van der Waals surface area contributed by atoms with Crippen molar-refractivity contribution in [1.82, 2.24) is 23.7 Å². The fourth-order valence-corrected chi connectivity index (χ4v) is 17.9. The Labute approximate surface area is 640 Å². The molecule has 112 heavy (non-hydrogen) atoms. The topological polar surface area (TPSA) is 80.0 Å². The van der Waals surface area contributed by atoms with Crippen molar-refractivity contribution in [3.8, 4) is 95.3 Å². The normalized spacial score (nSPS) is 12.1. The number of fused-ring (bicyclic) bond motifs is 19. The average Bonchev–Trinajstić information content (AvgIpc) is 1.54. The minimum atomic E-state index is 0.643. The van der Waals surface area contributed by atoms with E-state index in [-0.39, 0.29) is 0 Å². The molecule has 0 saturated heterocycles. The lowest BCUT2D eigenvalue weighted by Gasteiger charge is -2.14. The summed E-state index contributed by atoms with van der Waals surface area (Å²) in [4.78, 5) is 11.1. The lowest BCUT2D eigenvalue weighted by Crippen LogP contribution is -1.98. The van der Waals surface area contributed by atoms with E-state index in [2.05, 4.69) is 347 Å². The Morgan fingerprint density at radius 2 is 0.482 bits per heavy atom. The molecule has 7 aromatic heterocycles. The Balaban J connectivity index is 0.599. The summed E-state index contributed by atoms with van der Waals surface area (Å²) in [7, 11) is 0. The molecule has 0 spiro atoms. The van der Waals surface area contributed by atoms with E-state index in [0.717, 1.165) is 199 Å². The number of hydrogen-bond acceptors (Lipinski definition) is 5. The first-order valence-electron chi connectivity index (χ1n) is 38.0. The van der Waals surface area contributed by atoms with Gasteiger partial charge in [-0.05, 0) is 213 Å². The van der Waals surface area contributed by atoms with Gasteiger partial charge in [0.25, 0.3) is 0 Å². The van der Waals surface area contributed by atoms with Gasteiger partial charge in [0.15, 0.2) is 5.82 Å². The quantitative estimate of drug-likeness (QED) is 0.136. The molecule has 0 fully saturated rings. The second-order valence-corrected chi connectivity index (χ2v) is 29.5. The molecule has 17 aromatic carbocycles. The molecule has 24 aromatic rings. The first kappa shape index (κ1) is 62.0. The number of benzene rings is 17. The molecule has 24 rings (SSSR count). The van der Waals surface area contributed by atoms with E-state index < -0.39 is 0 Å². The van der Waals surface area contributed by atoms with Crippen LogP contribution in [0.4, 0.5) is 0 Å². The second-order valence-electron chi connectivity index (χ2n) is 29.5. The molecule has 7 heterocycles. The minimum absolute atomic E-state index is 0.643. The third kappa shape index (κ3) is 9.68. The molecular formula is C104H61N5O3. The molecule has 0 bridgehead atoms. The van der Waals surface area contributed by atoms with E-state index in [1.54, 1.807) is 0 Å². The van der Waals surface area contributed by atoms with Crippen LogP contribution >= 0.6 is 0 Å². The predicted molar refractivity (Wildman–Crippen MR) is 462 cm³/mol. The monoisotopic (exact) mass is 1430 g/mol. The molecule has 8 heteroatoms. The van der Waals surface area contributed by atoms with Gasteiger partial charge in [-0.25, -0.2) is 9.97 Å². The summed E-state index contributed by atoms with van der Waals surface area (Å²) in [6.45, 7) is 0. The third-order valence-electron chi connectivity index (χ3n) is 23.3. The maximum atomic E-state index is 6.40. The number of furan rings is 3. The Hall–Kier alpha value is -15.1. The maximum Gasteiger partial charge on any atom is 0.160 e. The highest BCUT2D eigenvalue weighted by molar-refractivity contribution is 6.15. The summed E-state index contributed by atoms with van der Waals surface area (Å²) >= 11 is 0. The van der Waals surface area contributed by atoms with Crippen molar-refractivity contribution in [3.05, 3.63) is 370 Å².